The van der Waals surface area contributed by atoms with Crippen LogP contribution in [0, 0.1) is 11.8 Å². The van der Waals surface area contributed by atoms with Gasteiger partial charge in [0.05, 0.1) is 53.2 Å². The fraction of sp³-hybridized carbons (Fsp3) is 0.618. The summed E-state index contributed by atoms with van der Waals surface area (Å²) < 4.78 is 57.1. The van der Waals surface area contributed by atoms with Crippen LogP contribution in [-0.2, 0) is 28.5 Å². The molecular weight excluding hydrogens is 696 g/mol. The summed E-state index contributed by atoms with van der Waals surface area (Å²) in [6.45, 7) is -1.35. The summed E-state index contributed by atoms with van der Waals surface area (Å²) in [7, 11) is 4.44. The number of fused-ring (bicyclic) bond motifs is 3. The Morgan fingerprint density at radius 2 is 1.31 bits per heavy atom. The zero-order chi connectivity index (χ0) is 37.0. The van der Waals surface area contributed by atoms with Crippen molar-refractivity contribution in [2.75, 3.05) is 47.9 Å². The Kier molecular flexibility index (Phi) is 10.4. The second kappa shape index (κ2) is 14.7. The van der Waals surface area contributed by atoms with E-state index in [1.807, 2.05) is 0 Å². The van der Waals surface area contributed by atoms with Crippen molar-refractivity contribution in [3.63, 3.8) is 0 Å². The minimum atomic E-state index is -1.80. The molecule has 7 rings (SSSR count). The minimum Gasteiger partial charge on any atom is -0.493 e. The van der Waals surface area contributed by atoms with E-state index >= 15 is 0 Å². The molecule has 0 amide bonds. The van der Waals surface area contributed by atoms with Gasteiger partial charge in [-0.15, -0.1) is 0 Å². The van der Waals surface area contributed by atoms with Crippen LogP contribution in [0.15, 0.2) is 24.3 Å². The summed E-state index contributed by atoms with van der Waals surface area (Å²) in [6.07, 6.45) is -17.1. The van der Waals surface area contributed by atoms with Gasteiger partial charge in [-0.1, -0.05) is 0 Å². The van der Waals surface area contributed by atoms with Gasteiger partial charge in [-0.3, -0.25) is 4.79 Å². The molecule has 0 saturated carbocycles. The van der Waals surface area contributed by atoms with Gasteiger partial charge in [-0.25, -0.2) is 0 Å². The highest BCUT2D eigenvalue weighted by molar-refractivity contribution is 5.79. The maximum atomic E-state index is 13.6. The summed E-state index contributed by atoms with van der Waals surface area (Å²) in [4.78, 5) is 13.6. The lowest BCUT2D eigenvalue weighted by molar-refractivity contribution is -0.339. The molecule has 286 valence electrons. The molecule has 18 nitrogen and oxygen atoms in total. The van der Waals surface area contributed by atoms with Crippen molar-refractivity contribution in [1.29, 1.82) is 0 Å². The molecule has 4 heterocycles. The first kappa shape index (κ1) is 36.8. The lowest BCUT2D eigenvalue weighted by Crippen LogP contribution is -2.62. The maximum Gasteiger partial charge on any atom is 0.310 e. The zero-order valence-corrected chi connectivity index (χ0v) is 28.3. The summed E-state index contributed by atoms with van der Waals surface area (Å²) >= 11 is 0. The molecule has 1 aliphatic carbocycles. The SMILES string of the molecule is COc1cc([C@@H]2c3cc4c(cc3[C@@H](O[C@@H]3O[C@H](CO[C@@H]5O[C@H](CO)[C@@H](O)[C@H](O)[C@H]5O)[C@@H](O)[C@H](O)[C@H]3O)[C@@H]3COC(=O)[C@@H]23)OCO4)cc(OC)c1OC. The number of hydrogen-bond acceptors (Lipinski definition) is 18. The Bertz CT molecular complexity index is 1590. The van der Waals surface area contributed by atoms with Gasteiger partial charge in [-0.2, -0.15) is 0 Å². The van der Waals surface area contributed by atoms with Crippen LogP contribution in [0.1, 0.15) is 28.7 Å². The third-order valence-corrected chi connectivity index (χ3v) is 10.4. The van der Waals surface area contributed by atoms with Crippen LogP contribution in [0.4, 0.5) is 0 Å². The number of hydrogen-bond donors (Lipinski definition) is 7. The van der Waals surface area contributed by atoms with Crippen molar-refractivity contribution in [3.05, 3.63) is 41.0 Å². The molecule has 0 unspecified atom stereocenters. The number of carbonyl (C=O) groups excluding carboxylic acids is 1. The Labute approximate surface area is 296 Å². The quantitative estimate of drug-likeness (QED) is 0.131. The van der Waals surface area contributed by atoms with E-state index in [2.05, 4.69) is 0 Å². The van der Waals surface area contributed by atoms with Crippen LogP contribution >= 0.6 is 0 Å². The lowest BCUT2D eigenvalue weighted by Gasteiger charge is -2.45. The molecule has 7 N–H and O–H groups in total. The second-order valence-corrected chi connectivity index (χ2v) is 13.2. The Balaban J connectivity index is 1.21. The number of aliphatic hydroxyl groups is 7. The van der Waals surface area contributed by atoms with Gasteiger partial charge in [0.25, 0.3) is 0 Å². The van der Waals surface area contributed by atoms with Gasteiger partial charge >= 0.3 is 5.97 Å². The third kappa shape index (κ3) is 6.20. The Morgan fingerprint density at radius 3 is 1.92 bits per heavy atom. The number of esters is 1. The molecule has 4 aliphatic heterocycles. The summed E-state index contributed by atoms with van der Waals surface area (Å²) in [6, 6.07) is 6.95. The smallest absolute Gasteiger partial charge is 0.310 e. The van der Waals surface area contributed by atoms with Crippen molar-refractivity contribution in [2.24, 2.45) is 11.8 Å². The van der Waals surface area contributed by atoms with E-state index < -0.39 is 104 Å². The summed E-state index contributed by atoms with van der Waals surface area (Å²) in [5.74, 6) is -0.711. The fourth-order valence-electron chi connectivity index (χ4n) is 7.67. The minimum absolute atomic E-state index is 0.0435. The average molecular weight is 739 g/mol. The van der Waals surface area contributed by atoms with E-state index in [9.17, 15) is 40.5 Å². The molecule has 5 aliphatic rings. The Morgan fingerprint density at radius 1 is 0.712 bits per heavy atom. The van der Waals surface area contributed by atoms with E-state index in [0.717, 1.165) is 0 Å². The van der Waals surface area contributed by atoms with Crippen LogP contribution in [0.2, 0.25) is 0 Å². The van der Waals surface area contributed by atoms with Gasteiger partial charge in [-0.05, 0) is 41.0 Å². The van der Waals surface area contributed by atoms with Gasteiger partial charge in [0, 0.05) is 11.8 Å². The highest BCUT2D eigenvalue weighted by Crippen LogP contribution is 2.57. The van der Waals surface area contributed by atoms with Crippen LogP contribution in [0.5, 0.6) is 28.7 Å². The van der Waals surface area contributed by atoms with Gasteiger partial charge in [0.1, 0.15) is 48.8 Å². The fourth-order valence-corrected chi connectivity index (χ4v) is 7.67. The molecule has 0 spiro atoms. The van der Waals surface area contributed by atoms with Crippen LogP contribution < -0.4 is 23.7 Å². The molecule has 3 saturated heterocycles. The predicted octanol–water partition coefficient (Wildman–Crippen LogP) is -1.94. The van der Waals surface area contributed by atoms with Crippen molar-refractivity contribution in [3.8, 4) is 28.7 Å². The largest absolute Gasteiger partial charge is 0.493 e. The van der Waals surface area contributed by atoms with Crippen molar-refractivity contribution >= 4 is 5.97 Å². The monoisotopic (exact) mass is 738 g/mol. The number of ether oxygens (including phenoxy) is 10. The Hall–Kier alpha value is -3.53. The topological polar surface area (TPSA) is 251 Å². The van der Waals surface area contributed by atoms with E-state index in [0.29, 0.717) is 45.4 Å². The third-order valence-electron chi connectivity index (χ3n) is 10.4. The number of carbonyl (C=O) groups is 1. The highest BCUT2D eigenvalue weighted by Gasteiger charge is 2.55. The van der Waals surface area contributed by atoms with Gasteiger partial charge < -0.3 is 83.1 Å². The number of methoxy groups -OCH3 is 3. The van der Waals surface area contributed by atoms with E-state index in [-0.39, 0.29) is 13.4 Å². The normalized spacial score (nSPS) is 37.9. The van der Waals surface area contributed by atoms with Crippen LogP contribution in [0.25, 0.3) is 0 Å². The highest BCUT2D eigenvalue weighted by atomic mass is 16.7. The molecular formula is C34H42O18. The second-order valence-electron chi connectivity index (χ2n) is 13.2. The summed E-state index contributed by atoms with van der Waals surface area (Å²) in [5, 5.41) is 73.0. The lowest BCUT2D eigenvalue weighted by atomic mass is 9.66. The van der Waals surface area contributed by atoms with Crippen molar-refractivity contribution in [1.82, 2.24) is 0 Å². The molecule has 18 heteroatoms. The number of aliphatic hydroxyl groups excluding tert-OH is 7. The summed E-state index contributed by atoms with van der Waals surface area (Å²) in [5.41, 5.74) is 1.80. The maximum absolute atomic E-state index is 13.6. The standard InChI is InChI=1S/C34H42O18/c1-43-18-4-12(5-19(44-2)31(18)45-3)22-13-6-16-17(49-11-48-16)7-14(13)30(15-9-46-32(42)23(15)22)52-34-29(41)27(39)25(37)21(51-34)10-47-33-28(40)26(38)24(36)20(8-35)50-33/h4-7,15,20-30,33-41H,8-11H2,1-3H3/t15-,20-,21-,22-,23-,24-,25-,26+,27+,28-,29-,30-,33-,34+/m1/s1. The molecule has 0 aromatic heterocycles. The van der Waals surface area contributed by atoms with Crippen LogP contribution in [0.3, 0.4) is 0 Å². The zero-order valence-electron chi connectivity index (χ0n) is 28.3. The van der Waals surface area contributed by atoms with E-state index in [1.54, 1.807) is 24.3 Å². The molecule has 0 radical (unpaired) electrons. The number of rotatable bonds is 10. The number of benzene rings is 2. The first-order valence-corrected chi connectivity index (χ1v) is 16.7. The first-order valence-electron chi connectivity index (χ1n) is 16.7. The predicted molar refractivity (Wildman–Crippen MR) is 169 cm³/mol. The molecule has 0 bridgehead atoms. The molecule has 52 heavy (non-hydrogen) atoms. The van der Waals surface area contributed by atoms with Crippen LogP contribution in [-0.4, -0.2) is 151 Å². The van der Waals surface area contributed by atoms with Gasteiger partial charge in [0.15, 0.2) is 35.6 Å². The van der Waals surface area contributed by atoms with Crippen molar-refractivity contribution in [2.45, 2.75) is 73.4 Å². The van der Waals surface area contributed by atoms with E-state index in [1.165, 1.54) is 21.3 Å². The van der Waals surface area contributed by atoms with Crippen molar-refractivity contribution < 1.29 is 87.9 Å². The average Bonchev–Trinajstić information content (AvgIpc) is 3.78. The molecule has 3 fully saturated rings. The van der Waals surface area contributed by atoms with Gasteiger partial charge in [0.2, 0.25) is 12.5 Å². The molecule has 14 atom stereocenters. The van der Waals surface area contributed by atoms with E-state index in [4.69, 9.17) is 47.4 Å². The molecule has 2 aromatic carbocycles. The molecule has 2 aromatic rings. The number of cyclic esters (lactones) is 1. The first-order chi connectivity index (χ1) is 25.0.